The molecule has 124 valence electrons. The SMILES string of the molecule is C=C(C)C(=C)OCCCCCCCCCCC[P+](C)(C)C. The van der Waals surface area contributed by atoms with E-state index < -0.39 is 7.26 Å². The predicted octanol–water partition coefficient (Wildman–Crippen LogP) is 6.51. The van der Waals surface area contributed by atoms with E-state index in [-0.39, 0.29) is 0 Å². The molecule has 0 saturated heterocycles. The van der Waals surface area contributed by atoms with Crippen molar-refractivity contribution in [3.63, 3.8) is 0 Å². The molecular weight excluding hydrogens is 275 g/mol. The molecule has 0 heterocycles. The Bertz CT molecular complexity index is 288. The first-order chi connectivity index (χ1) is 9.83. The molecule has 0 unspecified atom stereocenters. The van der Waals surface area contributed by atoms with Crippen LogP contribution in [0.15, 0.2) is 24.5 Å². The Balaban J connectivity index is 3.16. The summed E-state index contributed by atoms with van der Waals surface area (Å²) in [5, 5.41) is 0. The Morgan fingerprint density at radius 3 is 1.62 bits per heavy atom. The normalized spacial score (nSPS) is 11.4. The van der Waals surface area contributed by atoms with Gasteiger partial charge in [-0.05, 0) is 31.8 Å². The summed E-state index contributed by atoms with van der Waals surface area (Å²) >= 11 is 0. The van der Waals surface area contributed by atoms with E-state index in [1.807, 2.05) is 6.92 Å². The Hall–Kier alpha value is -0.290. The molecule has 0 bridgehead atoms. The molecule has 0 spiro atoms. The number of unbranched alkanes of at least 4 members (excludes halogenated alkanes) is 8. The second-order valence-corrected chi connectivity index (χ2v) is 12.3. The summed E-state index contributed by atoms with van der Waals surface area (Å²) in [4.78, 5) is 0. The molecule has 0 radical (unpaired) electrons. The number of allylic oxidation sites excluding steroid dienone is 1. The topological polar surface area (TPSA) is 9.23 Å². The highest BCUT2D eigenvalue weighted by Crippen LogP contribution is 2.47. The molecule has 0 N–H and O–H groups in total. The summed E-state index contributed by atoms with van der Waals surface area (Å²) in [5.41, 5.74) is 0.934. The molecule has 0 aromatic heterocycles. The van der Waals surface area contributed by atoms with Crippen molar-refractivity contribution in [2.45, 2.75) is 64.7 Å². The lowest BCUT2D eigenvalue weighted by Gasteiger charge is -2.11. The van der Waals surface area contributed by atoms with Crippen LogP contribution in [0.5, 0.6) is 0 Å². The predicted molar refractivity (Wildman–Crippen MR) is 101 cm³/mol. The Morgan fingerprint density at radius 1 is 0.762 bits per heavy atom. The average Bonchev–Trinajstić information content (AvgIpc) is 2.38. The highest BCUT2D eigenvalue weighted by atomic mass is 31.2. The third-order valence-electron chi connectivity index (χ3n) is 3.73. The zero-order valence-corrected chi connectivity index (χ0v) is 15.9. The van der Waals surface area contributed by atoms with Crippen LogP contribution in [-0.4, -0.2) is 32.8 Å². The van der Waals surface area contributed by atoms with Crippen LogP contribution in [0.25, 0.3) is 0 Å². The van der Waals surface area contributed by atoms with Crippen molar-refractivity contribution >= 4 is 7.26 Å². The second kappa shape index (κ2) is 12.3. The summed E-state index contributed by atoms with van der Waals surface area (Å²) in [6.07, 6.45) is 13.8. The van der Waals surface area contributed by atoms with Gasteiger partial charge in [0.2, 0.25) is 0 Å². The number of rotatable bonds is 14. The summed E-state index contributed by atoms with van der Waals surface area (Å²) in [6, 6.07) is 0. The van der Waals surface area contributed by atoms with E-state index in [0.717, 1.165) is 24.4 Å². The van der Waals surface area contributed by atoms with Gasteiger partial charge in [-0.25, -0.2) is 0 Å². The van der Waals surface area contributed by atoms with E-state index in [1.165, 1.54) is 57.5 Å². The molecule has 0 aliphatic rings. The fourth-order valence-electron chi connectivity index (χ4n) is 2.24. The Labute approximate surface area is 134 Å². The van der Waals surface area contributed by atoms with Gasteiger partial charge in [0.1, 0.15) is 5.76 Å². The lowest BCUT2D eigenvalue weighted by molar-refractivity contribution is 0.214. The van der Waals surface area contributed by atoms with Gasteiger partial charge < -0.3 is 4.74 Å². The first-order valence-electron chi connectivity index (χ1n) is 8.61. The van der Waals surface area contributed by atoms with Crippen molar-refractivity contribution in [2.75, 3.05) is 32.8 Å². The highest BCUT2D eigenvalue weighted by Gasteiger charge is 2.15. The maximum Gasteiger partial charge on any atom is 0.114 e. The van der Waals surface area contributed by atoms with E-state index in [2.05, 4.69) is 33.2 Å². The van der Waals surface area contributed by atoms with E-state index in [0.29, 0.717) is 0 Å². The quantitative estimate of drug-likeness (QED) is 0.154. The van der Waals surface area contributed by atoms with Crippen LogP contribution in [-0.2, 0) is 4.74 Å². The monoisotopic (exact) mass is 313 g/mol. The number of hydrogen-bond acceptors (Lipinski definition) is 1. The van der Waals surface area contributed by atoms with Crippen molar-refractivity contribution in [2.24, 2.45) is 0 Å². The van der Waals surface area contributed by atoms with Crippen LogP contribution in [0.4, 0.5) is 0 Å². The molecule has 0 atom stereocenters. The molecule has 0 aliphatic carbocycles. The second-order valence-electron chi connectivity index (χ2n) is 7.25. The third-order valence-corrected chi connectivity index (χ3v) is 5.38. The van der Waals surface area contributed by atoms with E-state index in [9.17, 15) is 0 Å². The summed E-state index contributed by atoms with van der Waals surface area (Å²) in [6.45, 7) is 17.7. The van der Waals surface area contributed by atoms with Gasteiger partial charge in [-0.15, -0.1) is 0 Å². The van der Waals surface area contributed by atoms with Crippen molar-refractivity contribution < 1.29 is 4.74 Å². The van der Waals surface area contributed by atoms with Gasteiger partial charge >= 0.3 is 0 Å². The van der Waals surface area contributed by atoms with Gasteiger partial charge in [-0.2, -0.15) is 0 Å². The Kier molecular flexibility index (Phi) is 12.1. The fraction of sp³-hybridized carbons (Fsp3) is 0.789. The van der Waals surface area contributed by atoms with Crippen LogP contribution >= 0.6 is 7.26 Å². The largest absolute Gasteiger partial charge is 0.494 e. The van der Waals surface area contributed by atoms with Gasteiger partial charge in [0.25, 0.3) is 0 Å². The minimum Gasteiger partial charge on any atom is -0.494 e. The van der Waals surface area contributed by atoms with Crippen molar-refractivity contribution in [3.8, 4) is 0 Å². The van der Waals surface area contributed by atoms with E-state index in [1.54, 1.807) is 0 Å². The van der Waals surface area contributed by atoms with Gasteiger partial charge in [-0.3, -0.25) is 0 Å². The van der Waals surface area contributed by atoms with Crippen molar-refractivity contribution in [3.05, 3.63) is 24.5 Å². The fourth-order valence-corrected chi connectivity index (χ4v) is 3.42. The van der Waals surface area contributed by atoms with Gasteiger partial charge in [0.05, 0.1) is 12.8 Å². The first-order valence-corrected chi connectivity index (χ1v) is 11.9. The number of hydrogen-bond donors (Lipinski definition) is 0. The van der Waals surface area contributed by atoms with Gasteiger partial charge in [0.15, 0.2) is 0 Å². The zero-order chi connectivity index (χ0) is 16.1. The minimum absolute atomic E-state index is 0.530. The molecule has 0 rings (SSSR count). The smallest absolute Gasteiger partial charge is 0.114 e. The highest BCUT2D eigenvalue weighted by molar-refractivity contribution is 7.73. The van der Waals surface area contributed by atoms with Gasteiger partial charge in [-0.1, -0.05) is 51.7 Å². The summed E-state index contributed by atoms with van der Waals surface area (Å²) in [5.74, 6) is 0.743. The summed E-state index contributed by atoms with van der Waals surface area (Å²) in [7, 11) is -0.530. The molecule has 0 aliphatic heterocycles. The van der Waals surface area contributed by atoms with Crippen molar-refractivity contribution in [1.29, 1.82) is 0 Å². The lowest BCUT2D eigenvalue weighted by Crippen LogP contribution is -1.95. The van der Waals surface area contributed by atoms with E-state index in [4.69, 9.17) is 4.74 Å². The van der Waals surface area contributed by atoms with Crippen LogP contribution in [0, 0.1) is 0 Å². The molecule has 0 aromatic carbocycles. The zero-order valence-electron chi connectivity index (χ0n) is 15.0. The molecule has 0 saturated carbocycles. The van der Waals surface area contributed by atoms with Crippen LogP contribution in [0.2, 0.25) is 0 Å². The molecule has 0 aromatic rings. The Morgan fingerprint density at radius 2 is 1.19 bits per heavy atom. The summed E-state index contributed by atoms with van der Waals surface area (Å²) < 4.78 is 5.51. The van der Waals surface area contributed by atoms with Crippen LogP contribution in [0.3, 0.4) is 0 Å². The maximum absolute atomic E-state index is 5.51. The molecule has 0 amide bonds. The molecule has 0 fully saturated rings. The molecular formula is C19H38OP+. The lowest BCUT2D eigenvalue weighted by atomic mass is 10.1. The first kappa shape index (κ1) is 20.7. The van der Waals surface area contributed by atoms with E-state index >= 15 is 0 Å². The minimum atomic E-state index is -0.530. The molecule has 2 heteroatoms. The molecule has 21 heavy (non-hydrogen) atoms. The number of ether oxygens (including phenoxy) is 1. The van der Waals surface area contributed by atoms with Crippen LogP contribution in [0.1, 0.15) is 64.7 Å². The van der Waals surface area contributed by atoms with Crippen LogP contribution < -0.4 is 0 Å². The maximum atomic E-state index is 5.51. The third kappa shape index (κ3) is 15.9. The average molecular weight is 313 g/mol. The van der Waals surface area contributed by atoms with Crippen molar-refractivity contribution in [1.82, 2.24) is 0 Å². The molecule has 1 nitrogen and oxygen atoms in total. The standard InChI is InChI=1S/C19H38OP/c1-18(2)19(3)20-16-14-12-10-8-7-9-11-13-15-17-21(4,5)6/h1,3,7-17H2,2,4-6H3/q+1. The van der Waals surface area contributed by atoms with Gasteiger partial charge in [0, 0.05) is 27.3 Å².